The lowest BCUT2D eigenvalue weighted by Crippen LogP contribution is -2.39. The predicted molar refractivity (Wildman–Crippen MR) is 64.3 cm³/mol. The second-order valence-electron chi connectivity index (χ2n) is 4.61. The Labute approximate surface area is 98.1 Å². The van der Waals surface area contributed by atoms with Gasteiger partial charge in [-0.15, -0.1) is 0 Å². The zero-order valence-electron chi connectivity index (χ0n) is 10.6. The fraction of sp³-hybridized carbons (Fsp3) is 0.917. The van der Waals surface area contributed by atoms with Gasteiger partial charge in [-0.25, -0.2) is 0 Å². The lowest BCUT2D eigenvalue weighted by Gasteiger charge is -2.16. The van der Waals surface area contributed by atoms with Crippen LogP contribution in [0.25, 0.3) is 0 Å². The fourth-order valence-electron chi connectivity index (χ4n) is 2.03. The first-order chi connectivity index (χ1) is 7.65. The van der Waals surface area contributed by atoms with Gasteiger partial charge >= 0.3 is 0 Å². The molecule has 2 atom stereocenters. The molecule has 1 saturated heterocycles. The third kappa shape index (κ3) is 4.10. The molecule has 0 aromatic heterocycles. The minimum absolute atomic E-state index is 0.0593. The van der Waals surface area contributed by atoms with Crippen molar-refractivity contribution < 1.29 is 9.53 Å². The van der Waals surface area contributed by atoms with E-state index < -0.39 is 0 Å². The summed E-state index contributed by atoms with van der Waals surface area (Å²) in [7, 11) is 0. The Morgan fingerprint density at radius 3 is 2.81 bits per heavy atom. The molecule has 4 heteroatoms. The predicted octanol–water partition coefficient (Wildman–Crippen LogP) is 0.916. The Hall–Kier alpha value is -0.610. The van der Waals surface area contributed by atoms with Crippen LogP contribution in [0.1, 0.15) is 33.6 Å². The number of ether oxygens (including phenoxy) is 1. The van der Waals surface area contributed by atoms with E-state index in [9.17, 15) is 4.79 Å². The average Bonchev–Trinajstić information content (AvgIpc) is 2.71. The maximum Gasteiger partial charge on any atom is 0.225 e. The molecule has 4 nitrogen and oxygen atoms in total. The van der Waals surface area contributed by atoms with Gasteiger partial charge in [0.05, 0.1) is 12.0 Å². The van der Waals surface area contributed by atoms with Crippen LogP contribution >= 0.6 is 0 Å². The van der Waals surface area contributed by atoms with Crippen LogP contribution < -0.4 is 10.6 Å². The van der Waals surface area contributed by atoms with Gasteiger partial charge in [0.15, 0.2) is 0 Å². The zero-order valence-corrected chi connectivity index (χ0v) is 10.6. The van der Waals surface area contributed by atoms with E-state index in [-0.39, 0.29) is 17.9 Å². The van der Waals surface area contributed by atoms with E-state index in [4.69, 9.17) is 4.74 Å². The van der Waals surface area contributed by atoms with Crippen LogP contribution in [0.4, 0.5) is 0 Å². The maximum atomic E-state index is 11.8. The summed E-state index contributed by atoms with van der Waals surface area (Å²) in [4.78, 5) is 11.8. The summed E-state index contributed by atoms with van der Waals surface area (Å²) >= 11 is 0. The Balaban J connectivity index is 2.19. The topological polar surface area (TPSA) is 50.4 Å². The molecule has 2 N–H and O–H groups in total. The number of carbonyl (C=O) groups is 1. The van der Waals surface area contributed by atoms with Crippen molar-refractivity contribution in [1.29, 1.82) is 0 Å². The van der Waals surface area contributed by atoms with Gasteiger partial charge in [-0.05, 0) is 12.8 Å². The van der Waals surface area contributed by atoms with Crippen LogP contribution in [0, 0.1) is 5.92 Å². The smallest absolute Gasteiger partial charge is 0.225 e. The third-order valence-electron chi connectivity index (χ3n) is 2.93. The van der Waals surface area contributed by atoms with Crippen LogP contribution in [0.15, 0.2) is 0 Å². The lowest BCUT2D eigenvalue weighted by molar-refractivity contribution is -0.126. The molecule has 0 aromatic rings. The molecular formula is C12H24N2O2. The molecule has 0 aromatic carbocycles. The molecule has 0 radical (unpaired) electrons. The number of hydrogen-bond acceptors (Lipinski definition) is 3. The summed E-state index contributed by atoms with van der Waals surface area (Å²) in [5.74, 6) is 0.207. The SMILES string of the molecule is CCC1OCCC1C(=O)NCCNC(C)C. The number of rotatable bonds is 6. The summed E-state index contributed by atoms with van der Waals surface area (Å²) in [6.45, 7) is 8.51. The molecule has 1 fully saturated rings. The molecule has 1 aliphatic rings. The third-order valence-corrected chi connectivity index (χ3v) is 2.93. The second-order valence-corrected chi connectivity index (χ2v) is 4.61. The number of hydrogen-bond donors (Lipinski definition) is 2. The van der Waals surface area contributed by atoms with Crippen LogP contribution in [0.3, 0.4) is 0 Å². The van der Waals surface area contributed by atoms with E-state index in [1.54, 1.807) is 0 Å². The van der Waals surface area contributed by atoms with Gasteiger partial charge in [-0.2, -0.15) is 0 Å². The van der Waals surface area contributed by atoms with Crippen molar-refractivity contribution >= 4 is 5.91 Å². The summed E-state index contributed by atoms with van der Waals surface area (Å²) in [6, 6.07) is 0.468. The summed E-state index contributed by atoms with van der Waals surface area (Å²) in [5.41, 5.74) is 0. The van der Waals surface area contributed by atoms with Crippen molar-refractivity contribution in [3.05, 3.63) is 0 Å². The van der Waals surface area contributed by atoms with E-state index in [0.29, 0.717) is 12.6 Å². The molecule has 1 amide bonds. The highest BCUT2D eigenvalue weighted by atomic mass is 16.5. The van der Waals surface area contributed by atoms with E-state index in [0.717, 1.165) is 26.0 Å². The Morgan fingerprint density at radius 1 is 1.44 bits per heavy atom. The molecule has 0 aliphatic carbocycles. The maximum absolute atomic E-state index is 11.8. The van der Waals surface area contributed by atoms with E-state index in [1.807, 2.05) is 0 Å². The highest BCUT2D eigenvalue weighted by Gasteiger charge is 2.32. The normalized spacial score (nSPS) is 25.0. The zero-order chi connectivity index (χ0) is 12.0. The molecule has 16 heavy (non-hydrogen) atoms. The number of nitrogens with one attached hydrogen (secondary N) is 2. The molecule has 1 aliphatic heterocycles. The molecule has 0 saturated carbocycles. The minimum Gasteiger partial charge on any atom is -0.377 e. The number of amides is 1. The molecule has 1 heterocycles. The standard InChI is InChI=1S/C12H24N2O2/c1-4-11-10(5-8-16-11)12(15)14-7-6-13-9(2)3/h9-11,13H,4-8H2,1-3H3,(H,14,15). The Morgan fingerprint density at radius 2 is 2.19 bits per heavy atom. The first-order valence-corrected chi connectivity index (χ1v) is 6.27. The van der Waals surface area contributed by atoms with Gasteiger partial charge in [-0.3, -0.25) is 4.79 Å². The molecule has 1 rings (SSSR count). The monoisotopic (exact) mass is 228 g/mol. The first-order valence-electron chi connectivity index (χ1n) is 6.27. The minimum atomic E-state index is 0.0593. The van der Waals surface area contributed by atoms with E-state index in [2.05, 4.69) is 31.4 Å². The molecule has 0 bridgehead atoms. The summed E-state index contributed by atoms with van der Waals surface area (Å²) in [5, 5.41) is 6.23. The van der Waals surface area contributed by atoms with E-state index >= 15 is 0 Å². The molecule has 94 valence electrons. The quantitative estimate of drug-likeness (QED) is 0.665. The molecule has 2 unspecified atom stereocenters. The summed E-state index contributed by atoms with van der Waals surface area (Å²) < 4.78 is 5.50. The second kappa shape index (κ2) is 6.86. The number of carbonyl (C=O) groups excluding carboxylic acids is 1. The molecular weight excluding hydrogens is 204 g/mol. The summed E-state index contributed by atoms with van der Waals surface area (Å²) in [6.07, 6.45) is 1.91. The molecule has 0 spiro atoms. The highest BCUT2D eigenvalue weighted by Crippen LogP contribution is 2.23. The van der Waals surface area contributed by atoms with Crippen molar-refractivity contribution in [3.8, 4) is 0 Å². The van der Waals surface area contributed by atoms with Gasteiger partial charge in [0.1, 0.15) is 0 Å². The van der Waals surface area contributed by atoms with Crippen LogP contribution in [0.2, 0.25) is 0 Å². The van der Waals surface area contributed by atoms with Gasteiger partial charge < -0.3 is 15.4 Å². The van der Waals surface area contributed by atoms with Gasteiger partial charge in [0.2, 0.25) is 5.91 Å². The van der Waals surface area contributed by atoms with E-state index in [1.165, 1.54) is 0 Å². The Bertz CT molecular complexity index is 219. The van der Waals surface area contributed by atoms with Crippen molar-refractivity contribution in [2.45, 2.75) is 45.8 Å². The lowest BCUT2D eigenvalue weighted by atomic mass is 9.99. The van der Waals surface area contributed by atoms with Gasteiger partial charge in [-0.1, -0.05) is 20.8 Å². The van der Waals surface area contributed by atoms with Crippen molar-refractivity contribution in [1.82, 2.24) is 10.6 Å². The Kier molecular flexibility index (Phi) is 5.77. The average molecular weight is 228 g/mol. The fourth-order valence-corrected chi connectivity index (χ4v) is 2.03. The van der Waals surface area contributed by atoms with Crippen LogP contribution in [-0.2, 0) is 9.53 Å². The first kappa shape index (κ1) is 13.5. The van der Waals surface area contributed by atoms with Crippen LogP contribution in [-0.4, -0.2) is 37.7 Å². The van der Waals surface area contributed by atoms with Crippen molar-refractivity contribution in [2.75, 3.05) is 19.7 Å². The highest BCUT2D eigenvalue weighted by molar-refractivity contribution is 5.79. The van der Waals surface area contributed by atoms with Crippen molar-refractivity contribution in [2.24, 2.45) is 5.92 Å². The van der Waals surface area contributed by atoms with Gasteiger partial charge in [0.25, 0.3) is 0 Å². The van der Waals surface area contributed by atoms with Crippen molar-refractivity contribution in [3.63, 3.8) is 0 Å². The largest absolute Gasteiger partial charge is 0.377 e. The van der Waals surface area contributed by atoms with Gasteiger partial charge in [0, 0.05) is 25.7 Å². The van der Waals surface area contributed by atoms with Crippen LogP contribution in [0.5, 0.6) is 0 Å².